The van der Waals surface area contributed by atoms with Crippen LogP contribution in [0, 0.1) is 11.8 Å². The predicted molar refractivity (Wildman–Crippen MR) is 131 cm³/mol. The van der Waals surface area contributed by atoms with Gasteiger partial charge in [0.05, 0.1) is 13.0 Å². The van der Waals surface area contributed by atoms with Crippen LogP contribution in [0.2, 0.25) is 0 Å². The van der Waals surface area contributed by atoms with E-state index in [1.165, 1.54) is 37.7 Å². The fraction of sp³-hybridized carbons (Fsp3) is 0.682. The highest BCUT2D eigenvalue weighted by Crippen LogP contribution is 2.30. The fourth-order valence-corrected chi connectivity index (χ4v) is 4.69. The lowest BCUT2D eigenvalue weighted by atomic mass is 9.85. The summed E-state index contributed by atoms with van der Waals surface area (Å²) in [6, 6.07) is 9.30. The lowest BCUT2D eigenvalue weighted by molar-refractivity contribution is -0.146. The van der Waals surface area contributed by atoms with Crippen molar-refractivity contribution in [3.63, 3.8) is 0 Å². The third-order valence-electron chi connectivity index (χ3n) is 6.55. The van der Waals surface area contributed by atoms with Crippen molar-refractivity contribution in [3.05, 3.63) is 29.8 Å². The molecule has 1 saturated heterocycles. The number of rotatable bonds is 6. The molecule has 8 heteroatoms. The van der Waals surface area contributed by atoms with Crippen LogP contribution in [-0.2, 0) is 16.1 Å². The molecule has 0 radical (unpaired) electrons. The van der Waals surface area contributed by atoms with E-state index < -0.39 is 0 Å². The van der Waals surface area contributed by atoms with Gasteiger partial charge < -0.3 is 20.3 Å². The summed E-state index contributed by atoms with van der Waals surface area (Å²) in [6.45, 7) is 4.05. The van der Waals surface area contributed by atoms with Crippen LogP contribution in [0.4, 0.5) is 5.69 Å². The van der Waals surface area contributed by atoms with E-state index in [9.17, 15) is 4.79 Å². The van der Waals surface area contributed by atoms with E-state index in [0.717, 1.165) is 44.7 Å². The second-order valence-corrected chi connectivity index (χ2v) is 8.27. The van der Waals surface area contributed by atoms with Gasteiger partial charge in [0.2, 0.25) is 0 Å². The molecule has 5 nitrogen and oxygen atoms in total. The number of halogens is 3. The van der Waals surface area contributed by atoms with Crippen LogP contribution in [0.15, 0.2) is 24.3 Å². The predicted octanol–water partition coefficient (Wildman–Crippen LogP) is 4.29. The Hall–Kier alpha value is -0.720. The third-order valence-corrected chi connectivity index (χ3v) is 6.55. The Morgan fingerprint density at radius 1 is 1.03 bits per heavy atom. The Labute approximate surface area is 200 Å². The number of nitrogens with two attached hydrogens (primary N) is 1. The fourth-order valence-electron chi connectivity index (χ4n) is 4.69. The zero-order chi connectivity index (χ0) is 19.2. The first kappa shape index (κ1) is 29.3. The Bertz CT molecular complexity index is 602. The van der Waals surface area contributed by atoms with Gasteiger partial charge in [-0.3, -0.25) is 4.79 Å². The van der Waals surface area contributed by atoms with E-state index in [-0.39, 0.29) is 49.1 Å². The second kappa shape index (κ2) is 14.4. The molecule has 0 spiro atoms. The number of piperidine rings is 1. The molecule has 0 amide bonds. The molecule has 1 heterocycles. The minimum atomic E-state index is -0.0250. The number of methoxy groups -OCH3 is 1. The first-order chi connectivity index (χ1) is 13.1. The highest BCUT2D eigenvalue weighted by Gasteiger charge is 2.30. The highest BCUT2D eigenvalue weighted by molar-refractivity contribution is 5.86. The molecule has 1 aromatic rings. The maximum Gasteiger partial charge on any atom is 0.308 e. The molecule has 0 unspecified atom stereocenters. The standard InChI is InChI=1S/C22H35N3O2.3ClH/c1-24(20-9-5-19(6-10-20)22(26)27-2)16-18-11-13-25(14-12-18)21-7-3-17(15-23)4-8-21;;;/h3-4,7-8,18-20H,5-6,9-16,23H2,1-2H3;3*1H/t19-,20-;;;. The molecule has 1 aromatic carbocycles. The summed E-state index contributed by atoms with van der Waals surface area (Å²) in [5.41, 5.74) is 8.20. The van der Waals surface area contributed by atoms with Gasteiger partial charge in [0.25, 0.3) is 0 Å². The Balaban J connectivity index is 0.00000280. The molecule has 2 aliphatic rings. The van der Waals surface area contributed by atoms with E-state index in [0.29, 0.717) is 12.6 Å². The first-order valence-electron chi connectivity index (χ1n) is 10.4. The number of hydrogen-bond donors (Lipinski definition) is 1. The first-order valence-corrected chi connectivity index (χ1v) is 10.4. The summed E-state index contributed by atoms with van der Waals surface area (Å²) in [5, 5.41) is 0. The largest absolute Gasteiger partial charge is 0.469 e. The number of carbonyl (C=O) groups excluding carboxylic acids is 1. The van der Waals surface area contributed by atoms with Crippen molar-refractivity contribution < 1.29 is 9.53 Å². The zero-order valence-corrected chi connectivity index (χ0v) is 20.6. The van der Waals surface area contributed by atoms with Gasteiger partial charge in [0, 0.05) is 37.9 Å². The quantitative estimate of drug-likeness (QED) is 0.613. The van der Waals surface area contributed by atoms with Gasteiger partial charge in [0.15, 0.2) is 0 Å². The molecule has 1 aliphatic carbocycles. The van der Waals surface area contributed by atoms with Gasteiger partial charge in [-0.25, -0.2) is 0 Å². The van der Waals surface area contributed by atoms with Crippen LogP contribution in [0.25, 0.3) is 0 Å². The van der Waals surface area contributed by atoms with Crippen molar-refractivity contribution in [3.8, 4) is 0 Å². The summed E-state index contributed by atoms with van der Waals surface area (Å²) in [4.78, 5) is 16.7. The highest BCUT2D eigenvalue weighted by atomic mass is 35.5. The molecule has 2 fully saturated rings. The average molecular weight is 483 g/mol. The van der Waals surface area contributed by atoms with Crippen LogP contribution in [-0.4, -0.2) is 50.7 Å². The zero-order valence-electron chi connectivity index (χ0n) is 18.1. The summed E-state index contributed by atoms with van der Waals surface area (Å²) >= 11 is 0. The Kier molecular flexibility index (Phi) is 14.0. The monoisotopic (exact) mass is 481 g/mol. The van der Waals surface area contributed by atoms with E-state index >= 15 is 0 Å². The van der Waals surface area contributed by atoms with Crippen LogP contribution in [0.3, 0.4) is 0 Å². The maximum absolute atomic E-state index is 11.7. The van der Waals surface area contributed by atoms with Crippen LogP contribution in [0.5, 0.6) is 0 Å². The molecular formula is C22H38Cl3N3O2. The molecule has 30 heavy (non-hydrogen) atoms. The Morgan fingerprint density at radius 2 is 1.60 bits per heavy atom. The second-order valence-electron chi connectivity index (χ2n) is 8.27. The average Bonchev–Trinajstić information content (AvgIpc) is 2.74. The lowest BCUT2D eigenvalue weighted by Crippen LogP contribution is -2.42. The van der Waals surface area contributed by atoms with Gasteiger partial charge in [-0.05, 0) is 69.2 Å². The van der Waals surface area contributed by atoms with Crippen molar-refractivity contribution in [2.75, 3.05) is 38.7 Å². The number of ether oxygens (including phenoxy) is 1. The van der Waals surface area contributed by atoms with E-state index in [1.54, 1.807) is 0 Å². The van der Waals surface area contributed by atoms with Gasteiger partial charge in [-0.2, -0.15) is 0 Å². The van der Waals surface area contributed by atoms with Crippen LogP contribution < -0.4 is 10.6 Å². The van der Waals surface area contributed by atoms with Crippen LogP contribution >= 0.6 is 37.2 Å². The summed E-state index contributed by atoms with van der Waals surface area (Å²) < 4.78 is 4.90. The minimum absolute atomic E-state index is 0. The molecule has 0 atom stereocenters. The molecule has 0 bridgehead atoms. The SMILES string of the molecule is COC(=O)[C@H]1CC[C@H](N(C)CC2CCN(c3ccc(CN)cc3)CC2)CC1.Cl.Cl.Cl. The minimum Gasteiger partial charge on any atom is -0.469 e. The molecule has 1 saturated carbocycles. The third kappa shape index (κ3) is 7.76. The van der Waals surface area contributed by atoms with Gasteiger partial charge >= 0.3 is 5.97 Å². The number of carbonyl (C=O) groups is 1. The molecule has 174 valence electrons. The van der Waals surface area contributed by atoms with Crippen molar-refractivity contribution in [1.29, 1.82) is 0 Å². The van der Waals surface area contributed by atoms with E-state index in [4.69, 9.17) is 10.5 Å². The van der Waals surface area contributed by atoms with Crippen molar-refractivity contribution >= 4 is 48.9 Å². The smallest absolute Gasteiger partial charge is 0.308 e. The van der Waals surface area contributed by atoms with Crippen LogP contribution in [0.1, 0.15) is 44.1 Å². The van der Waals surface area contributed by atoms with Gasteiger partial charge in [-0.15, -0.1) is 37.2 Å². The van der Waals surface area contributed by atoms with E-state index in [1.807, 2.05) is 0 Å². The molecule has 0 aromatic heterocycles. The number of hydrogen-bond acceptors (Lipinski definition) is 5. The summed E-state index contributed by atoms with van der Waals surface area (Å²) in [7, 11) is 3.76. The number of anilines is 1. The van der Waals surface area contributed by atoms with Gasteiger partial charge in [-0.1, -0.05) is 12.1 Å². The molecule has 1 aliphatic heterocycles. The summed E-state index contributed by atoms with van der Waals surface area (Å²) in [5.74, 6) is 0.865. The number of nitrogens with zero attached hydrogens (tertiary/aromatic N) is 2. The topological polar surface area (TPSA) is 58.8 Å². The number of esters is 1. The Morgan fingerprint density at radius 3 is 2.10 bits per heavy atom. The van der Waals surface area contributed by atoms with Crippen molar-refractivity contribution in [2.24, 2.45) is 17.6 Å². The molecule has 3 rings (SSSR count). The van der Waals surface area contributed by atoms with Crippen molar-refractivity contribution in [1.82, 2.24) is 4.90 Å². The normalized spacial score (nSPS) is 21.8. The summed E-state index contributed by atoms with van der Waals surface area (Å²) in [6.07, 6.45) is 6.67. The maximum atomic E-state index is 11.7. The number of benzene rings is 1. The van der Waals surface area contributed by atoms with E-state index in [2.05, 4.69) is 41.1 Å². The lowest BCUT2D eigenvalue weighted by Gasteiger charge is -2.39. The van der Waals surface area contributed by atoms with Gasteiger partial charge in [0.1, 0.15) is 0 Å². The molecular weight excluding hydrogens is 445 g/mol. The van der Waals surface area contributed by atoms with Crippen molar-refractivity contribution in [2.45, 2.75) is 51.1 Å². The molecule has 2 N–H and O–H groups in total.